The predicted molar refractivity (Wildman–Crippen MR) is 167 cm³/mol. The highest BCUT2D eigenvalue weighted by Crippen LogP contribution is 2.15. The lowest BCUT2D eigenvalue weighted by Gasteiger charge is -2.04. The molecule has 1 aromatic rings. The van der Waals surface area contributed by atoms with Crippen LogP contribution >= 0.6 is 0 Å². The molecule has 218 valence electrons. The first-order valence-electron chi connectivity index (χ1n) is 17.4. The summed E-state index contributed by atoms with van der Waals surface area (Å²) >= 11 is 0. The summed E-state index contributed by atoms with van der Waals surface area (Å²) < 4.78 is 2.33. The fourth-order valence-electron chi connectivity index (χ4n) is 5.65. The molecule has 0 aromatic carbocycles. The first-order chi connectivity index (χ1) is 18.4. The van der Waals surface area contributed by atoms with Gasteiger partial charge in [-0.3, -0.25) is 0 Å². The second-order valence-corrected chi connectivity index (χ2v) is 12.0. The number of unbranched alkanes of at least 4 members (excludes halogenated alkanes) is 26. The van der Waals surface area contributed by atoms with Crippen LogP contribution in [0.3, 0.4) is 0 Å². The summed E-state index contributed by atoms with van der Waals surface area (Å²) in [6, 6.07) is 0. The van der Waals surface area contributed by atoms with Crippen LogP contribution in [-0.4, -0.2) is 9.55 Å². The Balaban J connectivity index is 1.81. The Morgan fingerprint density at radius 3 is 1.14 bits per heavy atom. The van der Waals surface area contributed by atoms with E-state index in [4.69, 9.17) is 0 Å². The van der Waals surface area contributed by atoms with Crippen LogP contribution in [0.4, 0.5) is 0 Å². The zero-order chi connectivity index (χ0) is 26.5. The Morgan fingerprint density at radius 2 is 0.757 bits per heavy atom. The van der Waals surface area contributed by atoms with Crippen molar-refractivity contribution in [2.75, 3.05) is 0 Å². The molecule has 1 aromatic heterocycles. The van der Waals surface area contributed by atoms with E-state index in [1.807, 2.05) is 0 Å². The van der Waals surface area contributed by atoms with Crippen molar-refractivity contribution in [1.82, 2.24) is 9.55 Å². The summed E-state index contributed by atoms with van der Waals surface area (Å²) in [5.41, 5.74) is 1.31. The van der Waals surface area contributed by atoms with Gasteiger partial charge >= 0.3 is 0 Å². The lowest BCUT2D eigenvalue weighted by Crippen LogP contribution is -1.94. The van der Waals surface area contributed by atoms with Crippen molar-refractivity contribution in [3.8, 4) is 0 Å². The number of hydrogen-bond acceptors (Lipinski definition) is 1. The first kappa shape index (κ1) is 34.2. The summed E-state index contributed by atoms with van der Waals surface area (Å²) in [6.07, 6.45) is 45.6. The number of rotatable bonds is 30. The van der Waals surface area contributed by atoms with E-state index in [1.165, 1.54) is 192 Å². The van der Waals surface area contributed by atoms with Gasteiger partial charge < -0.3 is 4.57 Å². The predicted octanol–water partition coefficient (Wildman–Crippen LogP) is 12.4. The molecule has 0 aliphatic carbocycles. The lowest BCUT2D eigenvalue weighted by atomic mass is 10.0. The minimum Gasteiger partial charge on any atom is -0.337 e. The maximum Gasteiger partial charge on any atom is 0.0949 e. The van der Waals surface area contributed by atoms with Gasteiger partial charge in [-0.2, -0.15) is 0 Å². The standard InChI is InChI=1S/C35H68N2/c1-3-5-7-9-11-13-15-17-19-21-23-25-27-29-31-35-33-37(34-36-35)32-30-28-26-24-22-20-18-16-14-12-10-8-6-4-2/h33-34H,3-32H2,1-2H3. The highest BCUT2D eigenvalue weighted by molar-refractivity contribution is 4.96. The number of aryl methyl sites for hydroxylation is 2. The Hall–Kier alpha value is -0.790. The number of nitrogens with zero attached hydrogens (tertiary/aromatic N) is 2. The Morgan fingerprint density at radius 1 is 0.432 bits per heavy atom. The molecule has 0 saturated heterocycles. The first-order valence-corrected chi connectivity index (χ1v) is 17.4. The summed E-state index contributed by atoms with van der Waals surface area (Å²) in [7, 11) is 0. The van der Waals surface area contributed by atoms with Crippen molar-refractivity contribution in [2.45, 2.75) is 207 Å². The van der Waals surface area contributed by atoms with Crippen LogP contribution in [0.5, 0.6) is 0 Å². The van der Waals surface area contributed by atoms with Crippen molar-refractivity contribution >= 4 is 0 Å². The van der Waals surface area contributed by atoms with E-state index in [0.29, 0.717) is 0 Å². The highest BCUT2D eigenvalue weighted by atomic mass is 15.0. The molecule has 1 heterocycles. The molecule has 0 saturated carbocycles. The van der Waals surface area contributed by atoms with Gasteiger partial charge in [-0.25, -0.2) is 4.98 Å². The van der Waals surface area contributed by atoms with Crippen LogP contribution in [0, 0.1) is 0 Å². The average molecular weight is 517 g/mol. The van der Waals surface area contributed by atoms with Gasteiger partial charge in [-0.05, 0) is 19.3 Å². The number of hydrogen-bond donors (Lipinski definition) is 0. The summed E-state index contributed by atoms with van der Waals surface area (Å²) in [6.45, 7) is 5.76. The molecule has 0 N–H and O–H groups in total. The number of aromatic nitrogens is 2. The van der Waals surface area contributed by atoms with Crippen molar-refractivity contribution in [3.05, 3.63) is 18.2 Å². The van der Waals surface area contributed by atoms with Gasteiger partial charge in [0.2, 0.25) is 0 Å². The monoisotopic (exact) mass is 517 g/mol. The van der Waals surface area contributed by atoms with Crippen LogP contribution in [0.1, 0.15) is 199 Å². The molecule has 0 spiro atoms. The van der Waals surface area contributed by atoms with E-state index in [1.54, 1.807) is 0 Å². The van der Waals surface area contributed by atoms with Crippen molar-refractivity contribution < 1.29 is 0 Å². The maximum atomic E-state index is 4.66. The summed E-state index contributed by atoms with van der Waals surface area (Å²) in [4.78, 5) is 4.66. The summed E-state index contributed by atoms with van der Waals surface area (Å²) in [5.74, 6) is 0. The fourth-order valence-corrected chi connectivity index (χ4v) is 5.65. The van der Waals surface area contributed by atoms with E-state index in [-0.39, 0.29) is 0 Å². The third kappa shape index (κ3) is 24.0. The molecule has 37 heavy (non-hydrogen) atoms. The second kappa shape index (κ2) is 28.2. The van der Waals surface area contributed by atoms with Gasteiger partial charge in [-0.15, -0.1) is 0 Å². The summed E-state index contributed by atoms with van der Waals surface area (Å²) in [5, 5.41) is 0. The molecule has 0 unspecified atom stereocenters. The molecule has 0 fully saturated rings. The van der Waals surface area contributed by atoms with Crippen LogP contribution < -0.4 is 0 Å². The molecule has 0 amide bonds. The topological polar surface area (TPSA) is 17.8 Å². The van der Waals surface area contributed by atoms with Gasteiger partial charge in [0.15, 0.2) is 0 Å². The smallest absolute Gasteiger partial charge is 0.0949 e. The quantitative estimate of drug-likeness (QED) is 0.0929. The van der Waals surface area contributed by atoms with E-state index in [2.05, 4.69) is 35.9 Å². The second-order valence-electron chi connectivity index (χ2n) is 12.0. The molecule has 2 nitrogen and oxygen atoms in total. The van der Waals surface area contributed by atoms with Crippen LogP contribution in [0.15, 0.2) is 12.5 Å². The zero-order valence-electron chi connectivity index (χ0n) is 25.8. The molecule has 2 heteroatoms. The lowest BCUT2D eigenvalue weighted by molar-refractivity contribution is 0.524. The number of imidazole rings is 1. The fraction of sp³-hybridized carbons (Fsp3) is 0.914. The van der Waals surface area contributed by atoms with E-state index in [0.717, 1.165) is 6.54 Å². The van der Waals surface area contributed by atoms with E-state index < -0.39 is 0 Å². The maximum absolute atomic E-state index is 4.66. The van der Waals surface area contributed by atoms with Crippen molar-refractivity contribution in [2.24, 2.45) is 0 Å². The van der Waals surface area contributed by atoms with E-state index in [9.17, 15) is 0 Å². The highest BCUT2D eigenvalue weighted by Gasteiger charge is 2.00. The minimum absolute atomic E-state index is 1.16. The van der Waals surface area contributed by atoms with Gasteiger partial charge in [0.25, 0.3) is 0 Å². The van der Waals surface area contributed by atoms with Gasteiger partial charge in [-0.1, -0.05) is 181 Å². The molecule has 0 bridgehead atoms. The molecule has 1 rings (SSSR count). The molecule has 0 aliphatic rings. The van der Waals surface area contributed by atoms with Gasteiger partial charge in [0.05, 0.1) is 12.0 Å². The molecular formula is C35H68N2. The SMILES string of the molecule is CCCCCCCCCCCCCCCCc1cn(CCCCCCCCCCCCCCCC)cn1. The molecular weight excluding hydrogens is 448 g/mol. The Labute approximate surface area is 234 Å². The van der Waals surface area contributed by atoms with E-state index >= 15 is 0 Å². The normalized spacial score (nSPS) is 11.5. The Kier molecular flexibility index (Phi) is 26.1. The van der Waals surface area contributed by atoms with Crippen molar-refractivity contribution in [3.63, 3.8) is 0 Å². The molecule has 0 aliphatic heterocycles. The third-order valence-corrected chi connectivity index (χ3v) is 8.24. The van der Waals surface area contributed by atoms with Crippen LogP contribution in [-0.2, 0) is 13.0 Å². The third-order valence-electron chi connectivity index (χ3n) is 8.24. The molecule has 0 radical (unpaired) electrons. The largest absolute Gasteiger partial charge is 0.337 e. The van der Waals surface area contributed by atoms with Crippen LogP contribution in [0.25, 0.3) is 0 Å². The van der Waals surface area contributed by atoms with Gasteiger partial charge in [0, 0.05) is 12.7 Å². The molecule has 0 atom stereocenters. The minimum atomic E-state index is 1.16. The Bertz CT molecular complexity index is 503. The van der Waals surface area contributed by atoms with Gasteiger partial charge in [0.1, 0.15) is 0 Å². The zero-order valence-corrected chi connectivity index (χ0v) is 25.8. The van der Waals surface area contributed by atoms with Crippen molar-refractivity contribution in [1.29, 1.82) is 0 Å². The average Bonchev–Trinajstić information content (AvgIpc) is 3.36. The van der Waals surface area contributed by atoms with Crippen LogP contribution in [0.2, 0.25) is 0 Å².